The minimum absolute atomic E-state index is 0.00137. The fourth-order valence-electron chi connectivity index (χ4n) is 1.76. The highest BCUT2D eigenvalue weighted by atomic mass is 16.6. The number of aryl methyl sites for hydroxylation is 1. The van der Waals surface area contributed by atoms with Gasteiger partial charge in [0.2, 0.25) is 11.5 Å². The summed E-state index contributed by atoms with van der Waals surface area (Å²) >= 11 is 0. The zero-order valence-corrected chi connectivity index (χ0v) is 11.0. The molecule has 0 aliphatic heterocycles. The van der Waals surface area contributed by atoms with Crippen molar-refractivity contribution in [1.82, 2.24) is 15.6 Å². The van der Waals surface area contributed by atoms with Gasteiger partial charge in [-0.25, -0.2) is 4.63 Å². The lowest BCUT2D eigenvalue weighted by atomic mass is 10.1. The van der Waals surface area contributed by atoms with Gasteiger partial charge < -0.3 is 16.2 Å². The Morgan fingerprint density at radius 1 is 1.40 bits per heavy atom. The van der Waals surface area contributed by atoms with Crippen LogP contribution >= 0.6 is 0 Å². The Bertz CT molecular complexity index is 580. The molecule has 0 bridgehead atoms. The molecule has 0 aliphatic rings. The third kappa shape index (κ3) is 3.47. The zero-order valence-electron chi connectivity index (χ0n) is 11.0. The zero-order chi connectivity index (χ0) is 14.5. The van der Waals surface area contributed by atoms with E-state index < -0.39 is 5.91 Å². The quantitative estimate of drug-likeness (QED) is 0.753. The topological polar surface area (TPSA) is 114 Å². The van der Waals surface area contributed by atoms with Gasteiger partial charge in [0.25, 0.3) is 5.91 Å². The van der Waals surface area contributed by atoms with Crippen molar-refractivity contribution >= 4 is 11.7 Å². The number of nitrogens with zero attached hydrogens (tertiary/aromatic N) is 2. The van der Waals surface area contributed by atoms with Gasteiger partial charge >= 0.3 is 0 Å². The summed E-state index contributed by atoms with van der Waals surface area (Å²) in [4.78, 5) is 11.8. The lowest BCUT2D eigenvalue weighted by molar-refractivity contribution is 0.0929. The largest absolute Gasteiger partial charge is 0.508 e. The maximum Gasteiger partial charge on any atom is 0.277 e. The van der Waals surface area contributed by atoms with Gasteiger partial charge in [-0.15, -0.1) is 0 Å². The van der Waals surface area contributed by atoms with Crippen molar-refractivity contribution in [2.45, 2.75) is 25.8 Å². The van der Waals surface area contributed by atoms with Crippen molar-refractivity contribution in [3.8, 4) is 5.75 Å². The minimum atomic E-state index is -0.401. The first-order chi connectivity index (χ1) is 9.56. The lowest BCUT2D eigenvalue weighted by Gasteiger charge is -2.12. The van der Waals surface area contributed by atoms with Crippen LogP contribution in [-0.4, -0.2) is 27.4 Å². The predicted octanol–water partition coefficient (Wildman–Crippen LogP) is 1.11. The van der Waals surface area contributed by atoms with Crippen LogP contribution in [0.3, 0.4) is 0 Å². The number of anilines is 1. The van der Waals surface area contributed by atoms with E-state index in [1.807, 2.05) is 19.1 Å². The number of aromatic hydroxyl groups is 1. The number of aromatic nitrogens is 2. The van der Waals surface area contributed by atoms with Crippen molar-refractivity contribution in [3.63, 3.8) is 0 Å². The molecule has 1 unspecified atom stereocenters. The molecule has 2 rings (SSSR count). The maximum atomic E-state index is 11.8. The standard InChI is InChI=1S/C13H16N4O3/c1-8(2-3-9-4-6-10(18)7-5-9)15-13(19)11-12(14)17-20-16-11/h4-8,18H,2-3H2,1H3,(H2,14,17)(H,15,19). The molecule has 20 heavy (non-hydrogen) atoms. The smallest absolute Gasteiger partial charge is 0.277 e. The first-order valence-corrected chi connectivity index (χ1v) is 6.23. The molecule has 7 nitrogen and oxygen atoms in total. The van der Waals surface area contributed by atoms with Gasteiger partial charge in [-0.3, -0.25) is 4.79 Å². The summed E-state index contributed by atoms with van der Waals surface area (Å²) < 4.78 is 4.38. The van der Waals surface area contributed by atoms with Gasteiger partial charge in [-0.1, -0.05) is 12.1 Å². The van der Waals surface area contributed by atoms with Gasteiger partial charge in [0.05, 0.1) is 0 Å². The second kappa shape index (κ2) is 6.05. The van der Waals surface area contributed by atoms with Crippen molar-refractivity contribution in [1.29, 1.82) is 0 Å². The number of carbonyl (C=O) groups excluding carboxylic acids is 1. The normalized spacial score (nSPS) is 12.1. The molecule has 7 heteroatoms. The fourth-order valence-corrected chi connectivity index (χ4v) is 1.76. The number of nitrogen functional groups attached to an aromatic ring is 1. The third-order valence-electron chi connectivity index (χ3n) is 2.91. The first-order valence-electron chi connectivity index (χ1n) is 6.23. The fraction of sp³-hybridized carbons (Fsp3) is 0.308. The van der Waals surface area contributed by atoms with Crippen LogP contribution in [0.4, 0.5) is 5.82 Å². The second-order valence-corrected chi connectivity index (χ2v) is 4.58. The van der Waals surface area contributed by atoms with Gasteiger partial charge in [0.1, 0.15) is 5.75 Å². The summed E-state index contributed by atoms with van der Waals surface area (Å²) in [5.41, 5.74) is 6.54. The molecule has 2 aromatic rings. The highest BCUT2D eigenvalue weighted by Gasteiger charge is 2.17. The highest BCUT2D eigenvalue weighted by molar-refractivity contribution is 5.96. The number of hydrogen-bond acceptors (Lipinski definition) is 6. The van der Waals surface area contributed by atoms with E-state index in [0.29, 0.717) is 0 Å². The average molecular weight is 276 g/mol. The molecule has 1 aromatic carbocycles. The van der Waals surface area contributed by atoms with Gasteiger partial charge in [0, 0.05) is 6.04 Å². The predicted molar refractivity (Wildman–Crippen MR) is 72.1 cm³/mol. The van der Waals surface area contributed by atoms with Crippen LogP contribution in [0.2, 0.25) is 0 Å². The highest BCUT2D eigenvalue weighted by Crippen LogP contribution is 2.12. The van der Waals surface area contributed by atoms with Gasteiger partial charge in [-0.2, -0.15) is 0 Å². The molecule has 1 heterocycles. The Hall–Kier alpha value is -2.57. The molecule has 0 aliphatic carbocycles. The molecule has 0 saturated heterocycles. The molecule has 106 valence electrons. The van der Waals surface area contributed by atoms with Crippen LogP contribution in [0.1, 0.15) is 29.4 Å². The number of phenols is 1. The van der Waals surface area contributed by atoms with E-state index in [1.165, 1.54) is 0 Å². The second-order valence-electron chi connectivity index (χ2n) is 4.58. The summed E-state index contributed by atoms with van der Waals surface area (Å²) in [5.74, 6) is -0.181. The van der Waals surface area contributed by atoms with Crippen LogP contribution in [-0.2, 0) is 6.42 Å². The van der Waals surface area contributed by atoms with Gasteiger partial charge in [-0.05, 0) is 47.8 Å². The van der Waals surface area contributed by atoms with Crippen LogP contribution in [0.25, 0.3) is 0 Å². The molecule has 1 atom stereocenters. The van der Waals surface area contributed by atoms with E-state index in [4.69, 9.17) is 5.73 Å². The van der Waals surface area contributed by atoms with Crippen LogP contribution in [0.5, 0.6) is 5.75 Å². The van der Waals surface area contributed by atoms with E-state index >= 15 is 0 Å². The van der Waals surface area contributed by atoms with Crippen LogP contribution < -0.4 is 11.1 Å². The lowest BCUT2D eigenvalue weighted by Crippen LogP contribution is -2.33. The Morgan fingerprint density at radius 2 is 2.10 bits per heavy atom. The minimum Gasteiger partial charge on any atom is -0.508 e. The number of nitrogens with one attached hydrogen (secondary N) is 1. The van der Waals surface area contributed by atoms with Crippen molar-refractivity contribution in [2.75, 3.05) is 5.73 Å². The van der Waals surface area contributed by atoms with E-state index in [9.17, 15) is 9.90 Å². The van der Waals surface area contributed by atoms with Crippen molar-refractivity contribution in [3.05, 3.63) is 35.5 Å². The third-order valence-corrected chi connectivity index (χ3v) is 2.91. The van der Waals surface area contributed by atoms with E-state index in [0.717, 1.165) is 18.4 Å². The molecule has 0 saturated carbocycles. The number of carbonyl (C=O) groups is 1. The maximum absolute atomic E-state index is 11.8. The summed E-state index contributed by atoms with van der Waals surface area (Å²) in [6.07, 6.45) is 1.54. The summed E-state index contributed by atoms with van der Waals surface area (Å²) in [5, 5.41) is 18.8. The van der Waals surface area contributed by atoms with Crippen molar-refractivity contribution < 1.29 is 14.5 Å². The molecule has 1 aromatic heterocycles. The van der Waals surface area contributed by atoms with Gasteiger partial charge in [0.15, 0.2) is 0 Å². The number of hydrogen-bond donors (Lipinski definition) is 3. The number of amides is 1. The van der Waals surface area contributed by atoms with Crippen molar-refractivity contribution in [2.24, 2.45) is 0 Å². The average Bonchev–Trinajstić information content (AvgIpc) is 2.84. The number of phenolic OH excluding ortho intramolecular Hbond substituents is 1. The van der Waals surface area contributed by atoms with Crippen LogP contribution in [0, 0.1) is 0 Å². The Labute approximate surface area is 115 Å². The summed E-state index contributed by atoms with van der Waals surface area (Å²) in [6, 6.07) is 6.93. The van der Waals surface area contributed by atoms with E-state index in [-0.39, 0.29) is 23.3 Å². The number of nitrogens with two attached hydrogens (primary N) is 1. The van der Waals surface area contributed by atoms with E-state index in [2.05, 4.69) is 20.3 Å². The van der Waals surface area contributed by atoms with Crippen LogP contribution in [0.15, 0.2) is 28.9 Å². The Morgan fingerprint density at radius 3 is 2.70 bits per heavy atom. The number of rotatable bonds is 5. The Balaban J connectivity index is 1.83. The molecular weight excluding hydrogens is 260 g/mol. The molecule has 0 spiro atoms. The number of benzene rings is 1. The Kier molecular flexibility index (Phi) is 4.19. The monoisotopic (exact) mass is 276 g/mol. The molecule has 4 N–H and O–H groups in total. The first kappa shape index (κ1) is 13.9. The molecule has 0 radical (unpaired) electrons. The molecular formula is C13H16N4O3. The molecule has 0 fully saturated rings. The molecule has 1 amide bonds. The summed E-state index contributed by atoms with van der Waals surface area (Å²) in [6.45, 7) is 1.89. The SMILES string of the molecule is CC(CCc1ccc(O)cc1)NC(=O)c1nonc1N. The van der Waals surface area contributed by atoms with E-state index in [1.54, 1.807) is 12.1 Å². The summed E-state index contributed by atoms with van der Waals surface area (Å²) in [7, 11) is 0.